The van der Waals surface area contributed by atoms with Crippen LogP contribution in [0.4, 0.5) is 10.2 Å². The number of rotatable bonds is 2. The summed E-state index contributed by atoms with van der Waals surface area (Å²) in [6.45, 7) is 3.89. The van der Waals surface area contributed by atoms with Crippen LogP contribution in [0.15, 0.2) is 41.3 Å². The monoisotopic (exact) mass is 367 g/mol. The van der Waals surface area contributed by atoms with Gasteiger partial charge in [0.05, 0.1) is 11.1 Å². The van der Waals surface area contributed by atoms with E-state index in [0.29, 0.717) is 16.6 Å². The number of anilines is 1. The largest absolute Gasteiger partial charge is 0.356 e. The Kier molecular flexibility index (Phi) is 3.45. The molecule has 3 atom stereocenters. The molecule has 2 aromatic heterocycles. The van der Waals surface area contributed by atoms with Gasteiger partial charge in [-0.2, -0.15) is 0 Å². The fourth-order valence-corrected chi connectivity index (χ4v) is 4.41. The molecule has 1 saturated carbocycles. The molecule has 2 aliphatic rings. The predicted octanol–water partition coefficient (Wildman–Crippen LogP) is 2.79. The SMILES string of the molecule is Cc1cn(-c2ccc(F)cc2P)c2nc(N3CC4CC4C3)ccc2c1=O. The molecule has 2 fully saturated rings. The normalized spacial score (nSPS) is 21.3. The number of piperidine rings is 1. The van der Waals surface area contributed by atoms with Crippen molar-refractivity contribution in [1.29, 1.82) is 0 Å². The molecule has 3 aromatic rings. The summed E-state index contributed by atoms with van der Waals surface area (Å²) < 4.78 is 15.4. The van der Waals surface area contributed by atoms with Crippen LogP contribution < -0.4 is 15.6 Å². The van der Waals surface area contributed by atoms with Gasteiger partial charge >= 0.3 is 0 Å². The third-order valence-electron chi connectivity index (χ3n) is 5.57. The quantitative estimate of drug-likeness (QED) is 0.654. The lowest BCUT2D eigenvalue weighted by Crippen LogP contribution is -2.24. The van der Waals surface area contributed by atoms with Crippen molar-refractivity contribution < 1.29 is 4.39 Å². The summed E-state index contributed by atoms with van der Waals surface area (Å²) in [6, 6.07) is 8.45. The molecular weight excluding hydrogens is 348 g/mol. The number of fused-ring (bicyclic) bond motifs is 2. The summed E-state index contributed by atoms with van der Waals surface area (Å²) in [5, 5.41) is 1.32. The van der Waals surface area contributed by atoms with E-state index < -0.39 is 0 Å². The lowest BCUT2D eigenvalue weighted by molar-refractivity contribution is 0.628. The van der Waals surface area contributed by atoms with Gasteiger partial charge in [-0.05, 0) is 60.8 Å². The van der Waals surface area contributed by atoms with Gasteiger partial charge in [0.15, 0.2) is 11.1 Å². The second-order valence-corrected chi connectivity index (χ2v) is 8.04. The molecular formula is C20H19FN3OP. The van der Waals surface area contributed by atoms with Gasteiger partial charge in [-0.3, -0.25) is 4.79 Å². The molecule has 5 rings (SSSR count). The molecule has 1 aromatic carbocycles. The number of halogens is 1. The number of aromatic nitrogens is 2. The molecule has 0 radical (unpaired) electrons. The average Bonchev–Trinajstić information content (AvgIpc) is 3.23. The molecule has 1 saturated heterocycles. The van der Waals surface area contributed by atoms with Crippen LogP contribution in [0.2, 0.25) is 0 Å². The second-order valence-electron chi connectivity index (χ2n) is 7.42. The van der Waals surface area contributed by atoms with Crippen molar-refractivity contribution in [1.82, 2.24) is 9.55 Å². The molecule has 1 aliphatic carbocycles. The van der Waals surface area contributed by atoms with Crippen molar-refractivity contribution in [3.63, 3.8) is 0 Å². The van der Waals surface area contributed by atoms with Crippen molar-refractivity contribution in [2.45, 2.75) is 13.3 Å². The molecule has 0 N–H and O–H groups in total. The first kappa shape index (κ1) is 16.0. The topological polar surface area (TPSA) is 38.1 Å². The van der Waals surface area contributed by atoms with Gasteiger partial charge < -0.3 is 9.47 Å². The second kappa shape index (κ2) is 5.62. The molecule has 3 heterocycles. The van der Waals surface area contributed by atoms with E-state index in [9.17, 15) is 9.18 Å². The minimum absolute atomic E-state index is 0.00742. The lowest BCUT2D eigenvalue weighted by atomic mass is 10.2. The summed E-state index contributed by atoms with van der Waals surface area (Å²) in [5.41, 5.74) is 2.06. The standard InChI is InChI=1S/C20H19FN3OP/c1-11-8-24(16-4-2-14(21)7-17(16)26)20-15(19(11)25)3-5-18(22-20)23-9-12-6-13(12)10-23/h2-5,7-8,12-13H,6,9-10,26H2,1H3. The van der Waals surface area contributed by atoms with Crippen molar-refractivity contribution in [3.05, 3.63) is 58.1 Å². The summed E-state index contributed by atoms with van der Waals surface area (Å²) in [5.74, 6) is 2.24. The molecule has 4 nitrogen and oxygen atoms in total. The summed E-state index contributed by atoms with van der Waals surface area (Å²) >= 11 is 0. The molecule has 0 bridgehead atoms. The Morgan fingerprint density at radius 1 is 1.19 bits per heavy atom. The van der Waals surface area contributed by atoms with Crippen molar-refractivity contribution in [2.75, 3.05) is 18.0 Å². The molecule has 0 spiro atoms. The van der Waals surface area contributed by atoms with Crippen LogP contribution in [0.1, 0.15) is 12.0 Å². The zero-order valence-corrected chi connectivity index (χ0v) is 15.6. The average molecular weight is 367 g/mol. The van der Waals surface area contributed by atoms with Crippen LogP contribution in [0.25, 0.3) is 16.7 Å². The Hall–Kier alpha value is -2.26. The Morgan fingerprint density at radius 3 is 2.69 bits per heavy atom. The molecule has 0 amide bonds. The number of aryl methyl sites for hydroxylation is 1. The first-order valence-corrected chi connectivity index (χ1v) is 9.42. The first-order valence-electron chi connectivity index (χ1n) is 8.84. The molecule has 1 aliphatic heterocycles. The van der Waals surface area contributed by atoms with E-state index in [0.717, 1.165) is 41.7 Å². The maximum absolute atomic E-state index is 13.5. The molecule has 6 heteroatoms. The molecule has 3 unspecified atom stereocenters. The predicted molar refractivity (Wildman–Crippen MR) is 105 cm³/mol. The fourth-order valence-electron chi connectivity index (χ4n) is 4.01. The highest BCUT2D eigenvalue weighted by molar-refractivity contribution is 7.27. The smallest absolute Gasteiger partial charge is 0.193 e. The zero-order valence-electron chi connectivity index (χ0n) is 14.4. The first-order chi connectivity index (χ1) is 12.5. The highest BCUT2D eigenvalue weighted by atomic mass is 31.0. The summed E-state index contributed by atoms with van der Waals surface area (Å²) in [4.78, 5) is 19.8. The molecule has 132 valence electrons. The van der Waals surface area contributed by atoms with Crippen molar-refractivity contribution in [3.8, 4) is 5.69 Å². The van der Waals surface area contributed by atoms with E-state index in [1.807, 2.05) is 16.7 Å². The van der Waals surface area contributed by atoms with Gasteiger partial charge in [-0.15, -0.1) is 9.24 Å². The van der Waals surface area contributed by atoms with Crippen molar-refractivity contribution >= 4 is 31.4 Å². The van der Waals surface area contributed by atoms with E-state index in [2.05, 4.69) is 14.1 Å². The minimum atomic E-state index is -0.286. The van der Waals surface area contributed by atoms with Crippen LogP contribution in [-0.4, -0.2) is 22.6 Å². The van der Waals surface area contributed by atoms with Gasteiger partial charge in [0.2, 0.25) is 0 Å². The van der Waals surface area contributed by atoms with Gasteiger partial charge in [0.25, 0.3) is 0 Å². The van der Waals surface area contributed by atoms with Crippen LogP contribution in [0, 0.1) is 24.6 Å². The van der Waals surface area contributed by atoms with Crippen molar-refractivity contribution in [2.24, 2.45) is 11.8 Å². The number of hydrogen-bond acceptors (Lipinski definition) is 3. The summed E-state index contributed by atoms with van der Waals surface area (Å²) in [6.07, 6.45) is 3.13. The van der Waals surface area contributed by atoms with E-state index in [1.165, 1.54) is 18.6 Å². The van der Waals surface area contributed by atoms with E-state index >= 15 is 0 Å². The maximum atomic E-state index is 13.5. The van der Waals surface area contributed by atoms with E-state index in [4.69, 9.17) is 4.98 Å². The van der Waals surface area contributed by atoms with Gasteiger partial charge in [-0.1, -0.05) is 0 Å². The highest BCUT2D eigenvalue weighted by Gasteiger charge is 2.45. The number of nitrogens with zero attached hydrogens (tertiary/aromatic N) is 3. The van der Waals surface area contributed by atoms with Gasteiger partial charge in [-0.25, -0.2) is 9.37 Å². The highest BCUT2D eigenvalue weighted by Crippen LogP contribution is 2.46. The Labute approximate surface area is 152 Å². The number of benzene rings is 1. The van der Waals surface area contributed by atoms with Crippen LogP contribution in [0.3, 0.4) is 0 Å². The Bertz CT molecular complexity index is 1100. The maximum Gasteiger partial charge on any atom is 0.193 e. The Balaban J connectivity index is 1.73. The van der Waals surface area contributed by atoms with Gasteiger partial charge in [0.1, 0.15) is 11.6 Å². The fraction of sp³-hybridized carbons (Fsp3) is 0.300. The minimum Gasteiger partial charge on any atom is -0.356 e. The number of pyridine rings is 2. The Morgan fingerprint density at radius 2 is 1.96 bits per heavy atom. The zero-order chi connectivity index (χ0) is 18.0. The van der Waals surface area contributed by atoms with Gasteiger partial charge in [0, 0.05) is 24.8 Å². The van der Waals surface area contributed by atoms with E-state index in [1.54, 1.807) is 19.2 Å². The molecule has 26 heavy (non-hydrogen) atoms. The third kappa shape index (κ3) is 2.45. The lowest BCUT2D eigenvalue weighted by Gasteiger charge is -2.21. The summed E-state index contributed by atoms with van der Waals surface area (Å²) in [7, 11) is 2.57. The van der Waals surface area contributed by atoms with E-state index in [-0.39, 0.29) is 11.2 Å². The van der Waals surface area contributed by atoms with Crippen LogP contribution in [0.5, 0.6) is 0 Å². The van der Waals surface area contributed by atoms with Crippen LogP contribution in [-0.2, 0) is 0 Å². The number of hydrogen-bond donors (Lipinski definition) is 0. The third-order valence-corrected chi connectivity index (χ3v) is 6.03. The van der Waals surface area contributed by atoms with Crippen LogP contribution >= 0.6 is 9.24 Å².